The van der Waals surface area contributed by atoms with Crippen LogP contribution in [0.1, 0.15) is 15.9 Å². The van der Waals surface area contributed by atoms with Crippen molar-refractivity contribution in [2.45, 2.75) is 6.18 Å². The summed E-state index contributed by atoms with van der Waals surface area (Å²) < 4.78 is 37.2. The molecule has 110 valence electrons. The number of nitrogens with zero attached hydrogens (tertiary/aromatic N) is 3. The molecule has 2 aromatic rings. The van der Waals surface area contributed by atoms with Crippen LogP contribution in [0.2, 0.25) is 0 Å². The number of nitrogens with one attached hydrogen (secondary N) is 2. The molecule has 9 heteroatoms. The number of anilines is 2. The highest BCUT2D eigenvalue weighted by atomic mass is 19.4. The smallest absolute Gasteiger partial charge is 0.357 e. The average Bonchev–Trinajstić information content (AvgIpc) is 2.46. The molecule has 6 nitrogen and oxygen atoms in total. The molecule has 0 radical (unpaired) electrons. The quantitative estimate of drug-likeness (QED) is 0.907. The zero-order valence-corrected chi connectivity index (χ0v) is 10.8. The fourth-order valence-corrected chi connectivity index (χ4v) is 1.46. The second-order valence-electron chi connectivity index (χ2n) is 3.91. The van der Waals surface area contributed by atoms with Gasteiger partial charge in [-0.05, 0) is 24.3 Å². The molecule has 0 fully saturated rings. The van der Waals surface area contributed by atoms with Crippen LogP contribution in [-0.4, -0.2) is 27.9 Å². The summed E-state index contributed by atoms with van der Waals surface area (Å²) in [6.45, 7) is 0. The van der Waals surface area contributed by atoms with Crippen LogP contribution in [0.15, 0.2) is 30.6 Å². The maximum absolute atomic E-state index is 12.4. The van der Waals surface area contributed by atoms with E-state index >= 15 is 0 Å². The standard InChI is InChI=1S/C12H10F3N5O/c1-16-10-17-6-18-11(20-10)19-9(21)7-2-4-8(5-3-7)12(13,14)15/h2-6H,1H3,(H2,16,17,18,19,20,21). The zero-order valence-electron chi connectivity index (χ0n) is 10.8. The molecular weight excluding hydrogens is 287 g/mol. The van der Waals surface area contributed by atoms with Gasteiger partial charge in [-0.1, -0.05) is 0 Å². The van der Waals surface area contributed by atoms with E-state index in [9.17, 15) is 18.0 Å². The number of hydrogen-bond acceptors (Lipinski definition) is 5. The van der Waals surface area contributed by atoms with Crippen molar-refractivity contribution in [1.82, 2.24) is 15.0 Å². The number of hydrogen-bond donors (Lipinski definition) is 2. The monoisotopic (exact) mass is 297 g/mol. The van der Waals surface area contributed by atoms with Crippen LogP contribution < -0.4 is 10.6 Å². The Balaban J connectivity index is 2.13. The fourth-order valence-electron chi connectivity index (χ4n) is 1.46. The van der Waals surface area contributed by atoms with Crippen molar-refractivity contribution < 1.29 is 18.0 Å². The normalized spacial score (nSPS) is 11.0. The maximum atomic E-state index is 12.4. The first-order chi connectivity index (χ1) is 9.90. The second-order valence-corrected chi connectivity index (χ2v) is 3.91. The molecule has 1 aromatic carbocycles. The Bertz CT molecular complexity index is 642. The van der Waals surface area contributed by atoms with E-state index in [0.29, 0.717) is 0 Å². The van der Waals surface area contributed by atoms with E-state index in [2.05, 4.69) is 25.6 Å². The Morgan fingerprint density at radius 3 is 2.29 bits per heavy atom. The molecule has 0 aliphatic heterocycles. The van der Waals surface area contributed by atoms with Crippen LogP contribution >= 0.6 is 0 Å². The number of amides is 1. The summed E-state index contributed by atoms with van der Waals surface area (Å²) in [7, 11) is 1.59. The SMILES string of the molecule is CNc1ncnc(NC(=O)c2ccc(C(F)(F)F)cc2)n1. The number of carbonyl (C=O) groups excluding carboxylic acids is 1. The van der Waals surface area contributed by atoms with Gasteiger partial charge in [-0.3, -0.25) is 10.1 Å². The summed E-state index contributed by atoms with van der Waals surface area (Å²) in [4.78, 5) is 23.2. The van der Waals surface area contributed by atoms with E-state index in [1.165, 1.54) is 6.33 Å². The minimum absolute atomic E-state index is 0.000696. The van der Waals surface area contributed by atoms with Crippen molar-refractivity contribution in [2.75, 3.05) is 17.7 Å². The number of aromatic nitrogens is 3. The highest BCUT2D eigenvalue weighted by Gasteiger charge is 2.30. The van der Waals surface area contributed by atoms with Crippen LogP contribution in [-0.2, 0) is 6.18 Å². The highest BCUT2D eigenvalue weighted by Crippen LogP contribution is 2.29. The van der Waals surface area contributed by atoms with E-state index in [1.807, 2.05) is 0 Å². The van der Waals surface area contributed by atoms with Crippen LogP contribution in [0.4, 0.5) is 25.1 Å². The Hall–Kier alpha value is -2.71. The molecule has 1 amide bonds. The lowest BCUT2D eigenvalue weighted by molar-refractivity contribution is -0.137. The van der Waals surface area contributed by atoms with Gasteiger partial charge in [-0.25, -0.2) is 9.97 Å². The van der Waals surface area contributed by atoms with E-state index < -0.39 is 17.6 Å². The molecule has 1 heterocycles. The molecule has 2 rings (SSSR count). The van der Waals surface area contributed by atoms with Crippen molar-refractivity contribution in [3.63, 3.8) is 0 Å². The minimum atomic E-state index is -4.44. The third kappa shape index (κ3) is 3.65. The first-order valence-electron chi connectivity index (χ1n) is 5.75. The van der Waals surface area contributed by atoms with Crippen molar-refractivity contribution in [2.24, 2.45) is 0 Å². The molecule has 0 atom stereocenters. The molecule has 1 aromatic heterocycles. The van der Waals surface area contributed by atoms with Gasteiger partial charge < -0.3 is 5.32 Å². The molecule has 0 saturated carbocycles. The molecular formula is C12H10F3N5O. The Morgan fingerprint density at radius 1 is 1.10 bits per heavy atom. The van der Waals surface area contributed by atoms with Gasteiger partial charge in [0.15, 0.2) is 0 Å². The molecule has 0 unspecified atom stereocenters. The van der Waals surface area contributed by atoms with E-state index in [1.54, 1.807) is 7.05 Å². The van der Waals surface area contributed by atoms with Crippen LogP contribution in [0.3, 0.4) is 0 Å². The average molecular weight is 297 g/mol. The largest absolute Gasteiger partial charge is 0.416 e. The van der Waals surface area contributed by atoms with Gasteiger partial charge in [-0.15, -0.1) is 0 Å². The first-order valence-corrected chi connectivity index (χ1v) is 5.75. The fraction of sp³-hybridized carbons (Fsp3) is 0.167. The van der Waals surface area contributed by atoms with Crippen LogP contribution in [0.5, 0.6) is 0 Å². The summed E-state index contributed by atoms with van der Waals surface area (Å²) >= 11 is 0. The summed E-state index contributed by atoms with van der Waals surface area (Å²) in [5, 5.41) is 5.03. The van der Waals surface area contributed by atoms with Crippen molar-refractivity contribution in [1.29, 1.82) is 0 Å². The summed E-state index contributed by atoms with van der Waals surface area (Å²) in [5.74, 6) is -0.357. The van der Waals surface area contributed by atoms with Gasteiger partial charge in [0.2, 0.25) is 11.9 Å². The van der Waals surface area contributed by atoms with Crippen molar-refractivity contribution in [3.05, 3.63) is 41.7 Å². The summed E-state index contributed by atoms with van der Waals surface area (Å²) in [6, 6.07) is 3.83. The lowest BCUT2D eigenvalue weighted by Gasteiger charge is -2.08. The predicted octanol–water partition coefficient (Wildman–Crippen LogP) is 2.18. The molecule has 2 N–H and O–H groups in total. The van der Waals surface area contributed by atoms with Gasteiger partial charge in [0, 0.05) is 12.6 Å². The number of halogens is 3. The topological polar surface area (TPSA) is 79.8 Å². The summed E-state index contributed by atoms with van der Waals surface area (Å²) in [5.41, 5.74) is -0.758. The van der Waals surface area contributed by atoms with Gasteiger partial charge in [-0.2, -0.15) is 18.2 Å². The summed E-state index contributed by atoms with van der Waals surface area (Å²) in [6.07, 6.45) is -3.24. The zero-order chi connectivity index (χ0) is 15.5. The van der Waals surface area contributed by atoms with E-state index in [-0.39, 0.29) is 17.5 Å². The van der Waals surface area contributed by atoms with Gasteiger partial charge in [0.25, 0.3) is 5.91 Å². The minimum Gasteiger partial charge on any atom is -0.357 e. The third-order valence-corrected chi connectivity index (χ3v) is 2.50. The highest BCUT2D eigenvalue weighted by molar-refractivity contribution is 6.03. The van der Waals surface area contributed by atoms with Gasteiger partial charge in [0.1, 0.15) is 6.33 Å². The maximum Gasteiger partial charge on any atom is 0.416 e. The number of rotatable bonds is 3. The van der Waals surface area contributed by atoms with Gasteiger partial charge in [0.05, 0.1) is 5.56 Å². The molecule has 0 aliphatic rings. The van der Waals surface area contributed by atoms with Gasteiger partial charge >= 0.3 is 6.18 Å². The number of benzene rings is 1. The number of carbonyl (C=O) groups is 1. The van der Waals surface area contributed by atoms with Crippen molar-refractivity contribution in [3.8, 4) is 0 Å². The van der Waals surface area contributed by atoms with Crippen molar-refractivity contribution >= 4 is 17.8 Å². The van der Waals surface area contributed by atoms with E-state index in [4.69, 9.17) is 0 Å². The lowest BCUT2D eigenvalue weighted by Crippen LogP contribution is -2.15. The van der Waals surface area contributed by atoms with E-state index in [0.717, 1.165) is 24.3 Å². The molecule has 21 heavy (non-hydrogen) atoms. The van der Waals surface area contributed by atoms with Crippen LogP contribution in [0, 0.1) is 0 Å². The number of alkyl halides is 3. The first kappa shape index (κ1) is 14.7. The third-order valence-electron chi connectivity index (χ3n) is 2.50. The predicted molar refractivity (Wildman–Crippen MR) is 68.8 cm³/mol. The molecule has 0 bridgehead atoms. The Morgan fingerprint density at radius 2 is 1.71 bits per heavy atom. The molecule has 0 saturated heterocycles. The molecule has 0 spiro atoms. The Labute approximate surface area is 117 Å². The lowest BCUT2D eigenvalue weighted by atomic mass is 10.1. The molecule has 0 aliphatic carbocycles. The Kier molecular flexibility index (Phi) is 4.01. The van der Waals surface area contributed by atoms with Crippen LogP contribution in [0.25, 0.3) is 0 Å². The second kappa shape index (κ2) is 5.73.